The van der Waals surface area contributed by atoms with Crippen LogP contribution in [0.5, 0.6) is 0 Å². The molecule has 1 aromatic carbocycles. The Balaban J connectivity index is 2.13. The van der Waals surface area contributed by atoms with E-state index in [1.54, 1.807) is 0 Å². The van der Waals surface area contributed by atoms with Crippen molar-refractivity contribution in [1.82, 2.24) is 14.8 Å². The SMILES string of the molecule is Cc1c(CC(=O)NCCN(C)C)c2ccccc2n1C. The van der Waals surface area contributed by atoms with Crippen LogP contribution in [-0.2, 0) is 18.3 Å². The molecule has 4 nitrogen and oxygen atoms in total. The van der Waals surface area contributed by atoms with Crippen molar-refractivity contribution < 1.29 is 4.79 Å². The van der Waals surface area contributed by atoms with Crippen LogP contribution in [0.2, 0.25) is 0 Å². The van der Waals surface area contributed by atoms with Crippen molar-refractivity contribution >= 4 is 16.8 Å². The second-order valence-corrected chi connectivity index (χ2v) is 5.47. The highest BCUT2D eigenvalue weighted by atomic mass is 16.1. The van der Waals surface area contributed by atoms with Gasteiger partial charge in [0.15, 0.2) is 0 Å². The topological polar surface area (TPSA) is 37.3 Å². The van der Waals surface area contributed by atoms with E-state index in [4.69, 9.17) is 0 Å². The summed E-state index contributed by atoms with van der Waals surface area (Å²) in [5, 5.41) is 4.15. The summed E-state index contributed by atoms with van der Waals surface area (Å²) in [4.78, 5) is 14.1. The number of para-hydroxylation sites is 1. The van der Waals surface area contributed by atoms with Crippen molar-refractivity contribution in [3.8, 4) is 0 Å². The lowest BCUT2D eigenvalue weighted by Gasteiger charge is -2.10. The molecule has 1 N–H and O–H groups in total. The number of fused-ring (bicyclic) bond motifs is 1. The lowest BCUT2D eigenvalue weighted by molar-refractivity contribution is -0.120. The summed E-state index contributed by atoms with van der Waals surface area (Å²) in [5.41, 5.74) is 3.47. The number of nitrogens with zero attached hydrogens (tertiary/aromatic N) is 2. The minimum absolute atomic E-state index is 0.0892. The van der Waals surface area contributed by atoms with E-state index >= 15 is 0 Å². The fraction of sp³-hybridized carbons (Fsp3) is 0.438. The molecule has 0 aliphatic rings. The Hall–Kier alpha value is -1.81. The third-order valence-electron chi connectivity index (χ3n) is 3.75. The molecule has 0 unspecified atom stereocenters. The lowest BCUT2D eigenvalue weighted by Crippen LogP contribution is -2.32. The highest BCUT2D eigenvalue weighted by Gasteiger charge is 2.14. The summed E-state index contributed by atoms with van der Waals surface area (Å²) in [6, 6.07) is 8.23. The summed E-state index contributed by atoms with van der Waals surface area (Å²) in [7, 11) is 6.05. The van der Waals surface area contributed by atoms with E-state index in [9.17, 15) is 4.79 Å². The van der Waals surface area contributed by atoms with Crippen molar-refractivity contribution in [2.24, 2.45) is 7.05 Å². The zero-order valence-electron chi connectivity index (χ0n) is 12.7. The third-order valence-corrected chi connectivity index (χ3v) is 3.75. The molecule has 4 heteroatoms. The molecule has 1 aromatic heterocycles. The number of carbonyl (C=O) groups excluding carboxylic acids is 1. The summed E-state index contributed by atoms with van der Waals surface area (Å²) in [6.07, 6.45) is 0.445. The predicted molar refractivity (Wildman–Crippen MR) is 82.9 cm³/mol. The van der Waals surface area contributed by atoms with E-state index in [1.165, 1.54) is 10.9 Å². The van der Waals surface area contributed by atoms with Gasteiger partial charge < -0.3 is 14.8 Å². The van der Waals surface area contributed by atoms with Crippen molar-refractivity contribution in [3.05, 3.63) is 35.5 Å². The fourth-order valence-corrected chi connectivity index (χ4v) is 2.46. The second kappa shape index (κ2) is 6.09. The minimum atomic E-state index is 0.0892. The number of amides is 1. The lowest BCUT2D eigenvalue weighted by atomic mass is 10.1. The monoisotopic (exact) mass is 273 g/mol. The van der Waals surface area contributed by atoms with Crippen LogP contribution >= 0.6 is 0 Å². The highest BCUT2D eigenvalue weighted by molar-refractivity contribution is 5.90. The minimum Gasteiger partial charge on any atom is -0.355 e. The first kappa shape index (κ1) is 14.6. The first-order chi connectivity index (χ1) is 9.50. The van der Waals surface area contributed by atoms with E-state index in [0.29, 0.717) is 13.0 Å². The van der Waals surface area contributed by atoms with Crippen molar-refractivity contribution in [2.45, 2.75) is 13.3 Å². The first-order valence-electron chi connectivity index (χ1n) is 6.95. The molecule has 0 aliphatic heterocycles. The van der Waals surface area contributed by atoms with Crippen LogP contribution in [0.3, 0.4) is 0 Å². The third kappa shape index (κ3) is 3.02. The number of hydrogen-bond acceptors (Lipinski definition) is 2. The van der Waals surface area contributed by atoms with Gasteiger partial charge in [-0.05, 0) is 32.6 Å². The van der Waals surface area contributed by atoms with E-state index in [2.05, 4.69) is 33.8 Å². The molecule has 0 spiro atoms. The van der Waals surface area contributed by atoms with E-state index in [-0.39, 0.29) is 5.91 Å². The van der Waals surface area contributed by atoms with E-state index in [0.717, 1.165) is 17.8 Å². The molecule has 0 radical (unpaired) electrons. The molecule has 0 fully saturated rings. The molecule has 0 saturated carbocycles. The molecule has 1 heterocycles. The number of aromatic nitrogens is 1. The van der Waals surface area contributed by atoms with Gasteiger partial charge in [0.2, 0.25) is 5.91 Å². The Morgan fingerprint density at radius 3 is 2.70 bits per heavy atom. The Morgan fingerprint density at radius 2 is 2.00 bits per heavy atom. The number of rotatable bonds is 5. The van der Waals surface area contributed by atoms with Gasteiger partial charge in [-0.2, -0.15) is 0 Å². The Morgan fingerprint density at radius 1 is 1.30 bits per heavy atom. The fourth-order valence-electron chi connectivity index (χ4n) is 2.46. The quantitative estimate of drug-likeness (QED) is 0.900. The average molecular weight is 273 g/mol. The molecule has 20 heavy (non-hydrogen) atoms. The molecule has 0 aliphatic carbocycles. The summed E-state index contributed by atoms with van der Waals surface area (Å²) in [6.45, 7) is 3.62. The molecule has 0 bridgehead atoms. The number of carbonyl (C=O) groups is 1. The molecular formula is C16H23N3O. The molecule has 1 amide bonds. The van der Waals surface area contributed by atoms with Crippen molar-refractivity contribution in [1.29, 1.82) is 0 Å². The largest absolute Gasteiger partial charge is 0.355 e. The number of benzene rings is 1. The van der Waals surface area contributed by atoms with Gasteiger partial charge >= 0.3 is 0 Å². The average Bonchev–Trinajstić information content (AvgIpc) is 2.64. The Labute approximate surface area is 120 Å². The van der Waals surface area contributed by atoms with Crippen LogP contribution in [0, 0.1) is 6.92 Å². The van der Waals surface area contributed by atoms with Crippen LogP contribution in [0.1, 0.15) is 11.3 Å². The van der Waals surface area contributed by atoms with Gasteiger partial charge in [0.1, 0.15) is 0 Å². The van der Waals surface area contributed by atoms with Crippen LogP contribution in [0.15, 0.2) is 24.3 Å². The van der Waals surface area contributed by atoms with Crippen LogP contribution < -0.4 is 5.32 Å². The molecule has 108 valence electrons. The Bertz CT molecular complexity index is 613. The predicted octanol–water partition coefficient (Wildman–Crippen LogP) is 1.71. The van der Waals surface area contributed by atoms with Crippen molar-refractivity contribution in [2.75, 3.05) is 27.2 Å². The number of aryl methyl sites for hydroxylation is 1. The number of hydrogen-bond donors (Lipinski definition) is 1. The maximum absolute atomic E-state index is 12.1. The normalized spacial score (nSPS) is 11.2. The number of likely N-dealkylation sites (N-methyl/N-ethyl adjacent to an activating group) is 1. The molecule has 2 rings (SSSR count). The van der Waals surface area contributed by atoms with Gasteiger partial charge in [0.25, 0.3) is 0 Å². The van der Waals surface area contributed by atoms with E-state index < -0.39 is 0 Å². The van der Waals surface area contributed by atoms with Crippen LogP contribution in [0.25, 0.3) is 10.9 Å². The van der Waals surface area contributed by atoms with Gasteiger partial charge in [-0.1, -0.05) is 18.2 Å². The second-order valence-electron chi connectivity index (χ2n) is 5.47. The van der Waals surface area contributed by atoms with E-state index in [1.807, 2.05) is 33.3 Å². The zero-order valence-corrected chi connectivity index (χ0v) is 12.7. The van der Waals surface area contributed by atoms with Gasteiger partial charge in [-0.25, -0.2) is 0 Å². The summed E-state index contributed by atoms with van der Waals surface area (Å²) < 4.78 is 2.15. The number of nitrogens with one attached hydrogen (secondary N) is 1. The first-order valence-corrected chi connectivity index (χ1v) is 6.95. The molecule has 0 atom stereocenters. The highest BCUT2D eigenvalue weighted by Crippen LogP contribution is 2.24. The van der Waals surface area contributed by atoms with Gasteiger partial charge in [-0.3, -0.25) is 4.79 Å². The summed E-state index contributed by atoms with van der Waals surface area (Å²) in [5.74, 6) is 0.0892. The molecule has 2 aromatic rings. The van der Waals surface area contributed by atoms with Crippen LogP contribution in [-0.4, -0.2) is 42.6 Å². The maximum atomic E-state index is 12.1. The Kier molecular flexibility index (Phi) is 4.45. The molecule has 0 saturated heterocycles. The van der Waals surface area contributed by atoms with Gasteiger partial charge in [0.05, 0.1) is 6.42 Å². The van der Waals surface area contributed by atoms with Gasteiger partial charge in [0, 0.05) is 36.7 Å². The van der Waals surface area contributed by atoms with Gasteiger partial charge in [-0.15, -0.1) is 0 Å². The standard InChI is InChI=1S/C16H23N3O/c1-12-14(11-16(20)17-9-10-18(2)3)13-7-5-6-8-15(13)19(12)4/h5-8H,9-11H2,1-4H3,(H,17,20). The zero-order chi connectivity index (χ0) is 14.7. The van der Waals surface area contributed by atoms with Crippen LogP contribution in [0.4, 0.5) is 0 Å². The molecular weight excluding hydrogens is 250 g/mol. The summed E-state index contributed by atoms with van der Waals surface area (Å²) >= 11 is 0. The smallest absolute Gasteiger partial charge is 0.224 e. The maximum Gasteiger partial charge on any atom is 0.224 e. The van der Waals surface area contributed by atoms with Crippen molar-refractivity contribution in [3.63, 3.8) is 0 Å².